The lowest BCUT2D eigenvalue weighted by atomic mass is 10.1. The number of pyridine rings is 1. The van der Waals surface area contributed by atoms with E-state index < -0.39 is 17.6 Å². The molecule has 1 aromatic carbocycles. The number of amides is 1. The summed E-state index contributed by atoms with van der Waals surface area (Å²) in [7, 11) is 0. The predicted molar refractivity (Wildman–Crippen MR) is 128 cm³/mol. The Morgan fingerprint density at radius 1 is 1.03 bits per heavy atom. The van der Waals surface area contributed by atoms with Crippen molar-refractivity contribution in [3.8, 4) is 0 Å². The maximum absolute atomic E-state index is 13.6. The number of benzene rings is 1. The van der Waals surface area contributed by atoms with Crippen LogP contribution in [0.25, 0.3) is 11.0 Å². The van der Waals surface area contributed by atoms with Crippen molar-refractivity contribution in [2.75, 3.05) is 5.32 Å². The number of rotatable bonds is 5. The summed E-state index contributed by atoms with van der Waals surface area (Å²) in [6, 6.07) is 6.15. The van der Waals surface area contributed by atoms with Gasteiger partial charge < -0.3 is 5.32 Å². The van der Waals surface area contributed by atoms with Crippen molar-refractivity contribution in [2.24, 2.45) is 0 Å². The summed E-state index contributed by atoms with van der Waals surface area (Å²) >= 11 is 12.2. The molecule has 0 saturated heterocycles. The highest BCUT2D eigenvalue weighted by molar-refractivity contribution is 6.35. The van der Waals surface area contributed by atoms with Gasteiger partial charge in [-0.05, 0) is 51.5 Å². The number of halogens is 5. The molecule has 0 fully saturated rings. The lowest BCUT2D eigenvalue weighted by Gasteiger charge is -2.10. The average Bonchev–Trinajstić information content (AvgIpc) is 3.19. The topological polar surface area (TPSA) is 77.6 Å². The third kappa shape index (κ3) is 4.99. The van der Waals surface area contributed by atoms with Crippen LogP contribution in [-0.2, 0) is 24.1 Å². The predicted octanol–water partition coefficient (Wildman–Crippen LogP) is 5.87. The molecule has 0 aliphatic rings. The van der Waals surface area contributed by atoms with Crippen molar-refractivity contribution in [3.05, 3.63) is 68.2 Å². The molecule has 4 aromatic rings. The summed E-state index contributed by atoms with van der Waals surface area (Å²) in [6.07, 6.45) is -4.57. The molecule has 0 atom stereocenters. The number of alkyl halides is 3. The molecule has 1 amide bonds. The highest BCUT2D eigenvalue weighted by Crippen LogP contribution is 2.36. The molecule has 0 aliphatic carbocycles. The van der Waals surface area contributed by atoms with Gasteiger partial charge in [0.15, 0.2) is 5.65 Å². The molecule has 0 radical (unpaired) electrons. The molecule has 0 aliphatic heterocycles. The zero-order valence-corrected chi connectivity index (χ0v) is 20.8. The third-order valence-corrected chi connectivity index (χ3v) is 6.17. The van der Waals surface area contributed by atoms with Crippen LogP contribution in [0, 0.1) is 27.7 Å². The van der Waals surface area contributed by atoms with Crippen molar-refractivity contribution < 1.29 is 18.0 Å². The van der Waals surface area contributed by atoms with Crippen LogP contribution in [0.1, 0.15) is 33.9 Å². The number of carbonyl (C=O) groups excluding carboxylic acids is 1. The fourth-order valence-corrected chi connectivity index (χ4v) is 4.44. The molecule has 0 saturated carbocycles. The second kappa shape index (κ2) is 9.16. The first kappa shape index (κ1) is 25.0. The van der Waals surface area contributed by atoms with E-state index in [1.807, 2.05) is 0 Å². The molecule has 12 heteroatoms. The highest BCUT2D eigenvalue weighted by atomic mass is 35.5. The van der Waals surface area contributed by atoms with Gasteiger partial charge in [0.25, 0.3) is 0 Å². The van der Waals surface area contributed by atoms with Crippen LogP contribution in [0.5, 0.6) is 0 Å². The summed E-state index contributed by atoms with van der Waals surface area (Å²) < 4.78 is 43.6. The first-order valence-corrected chi connectivity index (χ1v) is 11.3. The Kier molecular flexibility index (Phi) is 6.54. The monoisotopic (exact) mass is 524 g/mol. The number of anilines is 1. The van der Waals surface area contributed by atoms with Crippen LogP contribution in [0.4, 0.5) is 18.9 Å². The summed E-state index contributed by atoms with van der Waals surface area (Å²) in [5.41, 5.74) is 2.10. The van der Waals surface area contributed by atoms with E-state index in [0.29, 0.717) is 33.7 Å². The Bertz CT molecular complexity index is 1460. The Balaban J connectivity index is 1.59. The van der Waals surface area contributed by atoms with Gasteiger partial charge in [0, 0.05) is 15.7 Å². The molecule has 35 heavy (non-hydrogen) atoms. The van der Waals surface area contributed by atoms with E-state index in [0.717, 1.165) is 11.6 Å². The molecule has 1 N–H and O–H groups in total. The maximum atomic E-state index is 13.6. The molecule has 0 bridgehead atoms. The van der Waals surface area contributed by atoms with Crippen LogP contribution in [0.15, 0.2) is 24.3 Å². The first-order chi connectivity index (χ1) is 16.3. The lowest BCUT2D eigenvalue weighted by Crippen LogP contribution is -2.20. The molecule has 0 unspecified atom stereocenters. The SMILES string of the molecule is Cc1cc(C(F)(F)F)c2c(C)nn(CC(=O)Nc3c(C)nn(Cc4ccc(Cl)cc4Cl)c3C)c2n1. The Morgan fingerprint density at radius 2 is 1.71 bits per heavy atom. The average molecular weight is 525 g/mol. The van der Waals surface area contributed by atoms with E-state index in [1.165, 1.54) is 18.5 Å². The van der Waals surface area contributed by atoms with Gasteiger partial charge in [-0.2, -0.15) is 23.4 Å². The smallest absolute Gasteiger partial charge is 0.321 e. The molecule has 0 spiro atoms. The second-order valence-electron chi connectivity index (χ2n) is 8.24. The molecular weight excluding hydrogens is 504 g/mol. The minimum atomic E-state index is -4.57. The Hall–Kier alpha value is -3.11. The molecular formula is C23H21Cl2F3N6O. The van der Waals surface area contributed by atoms with Gasteiger partial charge in [-0.1, -0.05) is 29.3 Å². The summed E-state index contributed by atoms with van der Waals surface area (Å²) in [6.45, 7) is 6.53. The van der Waals surface area contributed by atoms with Crippen LogP contribution in [-0.4, -0.2) is 30.5 Å². The first-order valence-electron chi connectivity index (χ1n) is 10.5. The molecule has 7 nitrogen and oxygen atoms in total. The van der Waals surface area contributed by atoms with Crippen molar-refractivity contribution in [1.82, 2.24) is 24.5 Å². The molecule has 3 heterocycles. The Labute approximate surface area is 208 Å². The van der Waals surface area contributed by atoms with E-state index in [1.54, 1.807) is 36.7 Å². The number of nitrogens with one attached hydrogen (secondary N) is 1. The van der Waals surface area contributed by atoms with E-state index in [9.17, 15) is 18.0 Å². The van der Waals surface area contributed by atoms with E-state index in [-0.39, 0.29) is 29.0 Å². The fourth-order valence-electron chi connectivity index (χ4n) is 3.97. The zero-order valence-electron chi connectivity index (χ0n) is 19.3. The van der Waals surface area contributed by atoms with Gasteiger partial charge in [0.05, 0.1) is 40.3 Å². The summed E-state index contributed by atoms with van der Waals surface area (Å²) in [4.78, 5) is 17.1. The quantitative estimate of drug-likeness (QED) is 0.354. The number of hydrogen-bond acceptors (Lipinski definition) is 4. The number of fused-ring (bicyclic) bond motifs is 1. The van der Waals surface area contributed by atoms with Crippen LogP contribution in [0.2, 0.25) is 10.0 Å². The van der Waals surface area contributed by atoms with E-state index in [2.05, 4.69) is 20.5 Å². The lowest BCUT2D eigenvalue weighted by molar-refractivity contribution is -0.136. The van der Waals surface area contributed by atoms with Gasteiger partial charge in [-0.15, -0.1) is 0 Å². The standard InChI is InChI=1S/C23H21Cl2F3N6O/c1-11-7-17(23(26,27)28)20-12(2)31-34(22(20)29-11)10-19(35)30-21-13(3)32-33(14(21)4)9-15-5-6-16(24)8-18(15)25/h5-8H,9-10H2,1-4H3,(H,30,35). The minimum absolute atomic E-state index is 0.00601. The van der Waals surface area contributed by atoms with Gasteiger partial charge in [-0.3, -0.25) is 9.48 Å². The van der Waals surface area contributed by atoms with Crippen molar-refractivity contribution in [3.63, 3.8) is 0 Å². The van der Waals surface area contributed by atoms with Crippen molar-refractivity contribution in [2.45, 2.75) is 47.0 Å². The second-order valence-corrected chi connectivity index (χ2v) is 9.08. The zero-order chi connectivity index (χ0) is 25.7. The minimum Gasteiger partial charge on any atom is -0.321 e. The number of carbonyl (C=O) groups is 1. The van der Waals surface area contributed by atoms with Crippen LogP contribution >= 0.6 is 23.2 Å². The van der Waals surface area contributed by atoms with Gasteiger partial charge >= 0.3 is 6.18 Å². The maximum Gasteiger partial charge on any atom is 0.417 e. The molecule has 3 aromatic heterocycles. The van der Waals surface area contributed by atoms with Crippen molar-refractivity contribution >= 4 is 45.8 Å². The fraction of sp³-hybridized carbons (Fsp3) is 0.304. The number of aromatic nitrogens is 5. The third-order valence-electron chi connectivity index (χ3n) is 5.59. The van der Waals surface area contributed by atoms with Crippen LogP contribution in [0.3, 0.4) is 0 Å². The number of hydrogen-bond donors (Lipinski definition) is 1. The van der Waals surface area contributed by atoms with E-state index in [4.69, 9.17) is 23.2 Å². The normalized spacial score (nSPS) is 11.9. The van der Waals surface area contributed by atoms with Gasteiger partial charge in [0.2, 0.25) is 5.91 Å². The molecule has 184 valence electrons. The summed E-state index contributed by atoms with van der Waals surface area (Å²) in [5, 5.41) is 12.3. The van der Waals surface area contributed by atoms with Crippen LogP contribution < -0.4 is 5.32 Å². The summed E-state index contributed by atoms with van der Waals surface area (Å²) in [5.74, 6) is -0.471. The van der Waals surface area contributed by atoms with Crippen molar-refractivity contribution in [1.29, 1.82) is 0 Å². The number of nitrogens with zero attached hydrogens (tertiary/aromatic N) is 5. The van der Waals surface area contributed by atoms with Gasteiger partial charge in [-0.25, -0.2) is 9.67 Å². The Morgan fingerprint density at radius 3 is 2.37 bits per heavy atom. The van der Waals surface area contributed by atoms with Gasteiger partial charge in [0.1, 0.15) is 6.54 Å². The molecule has 4 rings (SSSR count). The largest absolute Gasteiger partial charge is 0.417 e. The van der Waals surface area contributed by atoms with E-state index >= 15 is 0 Å². The number of aryl methyl sites for hydroxylation is 3. The highest BCUT2D eigenvalue weighted by Gasteiger charge is 2.35.